The molecular formula is C13H18O2S2. The first-order valence-electron chi connectivity index (χ1n) is 5.81. The van der Waals surface area contributed by atoms with Crippen LogP contribution in [0.4, 0.5) is 0 Å². The summed E-state index contributed by atoms with van der Waals surface area (Å²) in [5.74, 6) is 0. The molecule has 1 aliphatic carbocycles. The van der Waals surface area contributed by atoms with Crippen molar-refractivity contribution in [3.8, 4) is 0 Å². The van der Waals surface area contributed by atoms with E-state index in [2.05, 4.69) is 12.1 Å². The molecule has 0 radical (unpaired) electrons. The van der Waals surface area contributed by atoms with Crippen LogP contribution in [0.3, 0.4) is 0 Å². The van der Waals surface area contributed by atoms with Crippen molar-refractivity contribution >= 4 is 22.9 Å². The normalized spacial score (nSPS) is 25.3. The first kappa shape index (κ1) is 13.3. The highest BCUT2D eigenvalue weighted by Gasteiger charge is 2.30. The number of hydrogen-bond donors (Lipinski definition) is 0. The Labute approximate surface area is 110 Å². The molecule has 0 aromatic heterocycles. The van der Waals surface area contributed by atoms with Gasteiger partial charge in [0, 0.05) is 5.25 Å². The SMILES string of the molecule is C[S+]([O-])CSC1CC(OCc2ccccc2)C1. The molecule has 17 heavy (non-hydrogen) atoms. The summed E-state index contributed by atoms with van der Waals surface area (Å²) in [6.45, 7) is 0.711. The van der Waals surface area contributed by atoms with Crippen molar-refractivity contribution in [2.24, 2.45) is 0 Å². The smallest absolute Gasteiger partial charge is 0.150 e. The van der Waals surface area contributed by atoms with Crippen LogP contribution in [-0.2, 0) is 22.5 Å². The van der Waals surface area contributed by atoms with Gasteiger partial charge in [-0.25, -0.2) is 0 Å². The van der Waals surface area contributed by atoms with Gasteiger partial charge in [0.05, 0.1) is 19.0 Å². The summed E-state index contributed by atoms with van der Waals surface area (Å²) in [7, 11) is 0. The van der Waals surface area contributed by atoms with E-state index in [1.165, 1.54) is 5.56 Å². The molecule has 0 N–H and O–H groups in total. The van der Waals surface area contributed by atoms with Crippen LogP contribution in [0, 0.1) is 0 Å². The van der Waals surface area contributed by atoms with Crippen molar-refractivity contribution in [3.05, 3.63) is 35.9 Å². The van der Waals surface area contributed by atoms with Gasteiger partial charge in [0.25, 0.3) is 0 Å². The molecule has 4 heteroatoms. The molecule has 1 fully saturated rings. The van der Waals surface area contributed by atoms with E-state index in [0.717, 1.165) is 17.9 Å². The first-order valence-corrected chi connectivity index (χ1v) is 8.59. The van der Waals surface area contributed by atoms with Gasteiger partial charge in [0.2, 0.25) is 0 Å². The number of ether oxygens (including phenoxy) is 1. The van der Waals surface area contributed by atoms with Crippen molar-refractivity contribution in [2.75, 3.05) is 11.3 Å². The molecule has 2 rings (SSSR count). The van der Waals surface area contributed by atoms with Gasteiger partial charge in [-0.3, -0.25) is 0 Å². The highest BCUT2D eigenvalue weighted by atomic mass is 32.3. The molecule has 1 unspecified atom stereocenters. The Morgan fingerprint density at radius 3 is 2.71 bits per heavy atom. The molecule has 1 atom stereocenters. The van der Waals surface area contributed by atoms with Crippen LogP contribution in [0.15, 0.2) is 30.3 Å². The van der Waals surface area contributed by atoms with Crippen molar-refractivity contribution in [1.82, 2.24) is 0 Å². The van der Waals surface area contributed by atoms with Gasteiger partial charge < -0.3 is 9.29 Å². The van der Waals surface area contributed by atoms with Crippen molar-refractivity contribution in [3.63, 3.8) is 0 Å². The molecule has 0 spiro atoms. The Morgan fingerprint density at radius 1 is 1.35 bits per heavy atom. The third-order valence-corrected chi connectivity index (χ3v) is 5.58. The maximum Gasteiger partial charge on any atom is 0.150 e. The van der Waals surface area contributed by atoms with Gasteiger partial charge in [-0.2, -0.15) is 0 Å². The van der Waals surface area contributed by atoms with E-state index in [4.69, 9.17) is 4.74 Å². The lowest BCUT2D eigenvalue weighted by atomic mass is 9.95. The molecule has 1 aromatic rings. The molecular weight excluding hydrogens is 252 g/mol. The Bertz CT molecular complexity index is 323. The lowest BCUT2D eigenvalue weighted by Crippen LogP contribution is -2.34. The fourth-order valence-electron chi connectivity index (χ4n) is 1.77. The molecule has 0 heterocycles. The maximum atomic E-state index is 10.9. The molecule has 0 bridgehead atoms. The summed E-state index contributed by atoms with van der Waals surface area (Å²) < 4.78 is 16.8. The largest absolute Gasteiger partial charge is 0.616 e. The van der Waals surface area contributed by atoms with Gasteiger partial charge in [0.15, 0.2) is 5.08 Å². The fourth-order valence-corrected chi connectivity index (χ4v) is 4.01. The molecule has 0 saturated heterocycles. The third-order valence-electron chi connectivity index (χ3n) is 2.85. The summed E-state index contributed by atoms with van der Waals surface area (Å²) in [5, 5.41) is 1.41. The summed E-state index contributed by atoms with van der Waals surface area (Å²) >= 11 is 1.14. The summed E-state index contributed by atoms with van der Waals surface area (Å²) in [6.07, 6.45) is 4.37. The predicted molar refractivity (Wildman–Crippen MR) is 74.6 cm³/mol. The number of rotatable bonds is 6. The van der Waals surface area contributed by atoms with Crippen LogP contribution in [0.5, 0.6) is 0 Å². The zero-order chi connectivity index (χ0) is 12.1. The summed E-state index contributed by atoms with van der Waals surface area (Å²) in [5.41, 5.74) is 1.23. The quantitative estimate of drug-likeness (QED) is 0.745. The average molecular weight is 270 g/mol. The van der Waals surface area contributed by atoms with Crippen LogP contribution in [-0.4, -0.2) is 27.2 Å². The van der Waals surface area contributed by atoms with Crippen molar-refractivity contribution in [2.45, 2.75) is 30.8 Å². The van der Waals surface area contributed by atoms with E-state index in [-0.39, 0.29) is 0 Å². The Morgan fingerprint density at radius 2 is 2.06 bits per heavy atom. The average Bonchev–Trinajstić information content (AvgIpc) is 2.27. The van der Waals surface area contributed by atoms with Crippen LogP contribution in [0.1, 0.15) is 18.4 Å². The highest BCUT2D eigenvalue weighted by molar-refractivity contribution is 8.12. The second-order valence-corrected chi connectivity index (χ2v) is 7.46. The Kier molecular flexibility index (Phi) is 5.22. The number of hydrogen-bond acceptors (Lipinski definition) is 3. The topological polar surface area (TPSA) is 32.3 Å². The van der Waals surface area contributed by atoms with Gasteiger partial charge in [-0.05, 0) is 29.6 Å². The van der Waals surface area contributed by atoms with E-state index in [1.54, 1.807) is 6.26 Å². The summed E-state index contributed by atoms with van der Waals surface area (Å²) in [6, 6.07) is 10.3. The maximum absolute atomic E-state index is 10.9. The van der Waals surface area contributed by atoms with Gasteiger partial charge in [0.1, 0.15) is 0 Å². The predicted octanol–water partition coefficient (Wildman–Crippen LogP) is 2.80. The molecule has 2 nitrogen and oxygen atoms in total. The molecule has 94 valence electrons. The monoisotopic (exact) mass is 270 g/mol. The molecule has 0 aliphatic heterocycles. The van der Waals surface area contributed by atoms with Gasteiger partial charge in [-0.1, -0.05) is 30.3 Å². The van der Waals surface area contributed by atoms with E-state index in [1.807, 2.05) is 30.0 Å². The Balaban J connectivity index is 1.58. The molecule has 1 aliphatic rings. The lowest BCUT2D eigenvalue weighted by molar-refractivity contribution is -0.00495. The lowest BCUT2D eigenvalue weighted by Gasteiger charge is -2.34. The van der Waals surface area contributed by atoms with Crippen molar-refractivity contribution < 1.29 is 9.29 Å². The van der Waals surface area contributed by atoms with Crippen molar-refractivity contribution in [1.29, 1.82) is 0 Å². The van der Waals surface area contributed by atoms with E-state index in [0.29, 0.717) is 18.0 Å². The minimum absolute atomic E-state index is 0.401. The van der Waals surface area contributed by atoms with E-state index < -0.39 is 11.2 Å². The zero-order valence-electron chi connectivity index (χ0n) is 10.0. The molecule has 1 saturated carbocycles. The molecule has 1 aromatic carbocycles. The minimum Gasteiger partial charge on any atom is -0.616 e. The number of thioether (sulfide) groups is 1. The molecule has 0 amide bonds. The second kappa shape index (κ2) is 6.69. The van der Waals surface area contributed by atoms with E-state index in [9.17, 15) is 4.55 Å². The summed E-state index contributed by atoms with van der Waals surface area (Å²) in [4.78, 5) is 0. The zero-order valence-corrected chi connectivity index (χ0v) is 11.6. The first-order chi connectivity index (χ1) is 8.24. The minimum atomic E-state index is -0.676. The second-order valence-electron chi connectivity index (χ2n) is 4.37. The van der Waals surface area contributed by atoms with Gasteiger partial charge in [-0.15, -0.1) is 11.8 Å². The fraction of sp³-hybridized carbons (Fsp3) is 0.538. The van der Waals surface area contributed by atoms with Crippen LogP contribution in [0.25, 0.3) is 0 Å². The van der Waals surface area contributed by atoms with Crippen LogP contribution < -0.4 is 0 Å². The van der Waals surface area contributed by atoms with Crippen LogP contribution >= 0.6 is 11.8 Å². The van der Waals surface area contributed by atoms with Gasteiger partial charge >= 0.3 is 0 Å². The number of benzene rings is 1. The van der Waals surface area contributed by atoms with E-state index >= 15 is 0 Å². The van der Waals surface area contributed by atoms with Crippen LogP contribution in [0.2, 0.25) is 0 Å². The third kappa shape index (κ3) is 4.54. The standard InChI is InChI=1S/C13H18O2S2/c1-17(14)10-16-13-7-12(8-13)15-9-11-5-3-2-4-6-11/h2-6,12-13H,7-10H2,1H3. The Hall–Kier alpha value is -0.160. The highest BCUT2D eigenvalue weighted by Crippen LogP contribution is 2.34.